The van der Waals surface area contributed by atoms with Gasteiger partial charge < -0.3 is 4.57 Å². The molecule has 0 atom stereocenters. The van der Waals surface area contributed by atoms with Crippen LogP contribution in [0, 0.1) is 11.7 Å². The molecule has 0 radical (unpaired) electrons. The van der Waals surface area contributed by atoms with Gasteiger partial charge in [-0.2, -0.15) is 5.10 Å². The zero-order chi connectivity index (χ0) is 9.68. The fourth-order valence-corrected chi connectivity index (χ4v) is 1.63. The first-order chi connectivity index (χ1) is 6.25. The average molecular weight is 199 g/mol. The highest BCUT2D eigenvalue weighted by Gasteiger charge is 1.99. The monoisotopic (exact) mass is 199 g/mol. The number of aromatic nitrogens is 3. The third-order valence-corrected chi connectivity index (χ3v) is 2.50. The van der Waals surface area contributed by atoms with Crippen LogP contribution >= 0.6 is 12.2 Å². The van der Waals surface area contributed by atoms with Crippen LogP contribution in [0.15, 0.2) is 0 Å². The third kappa shape index (κ3) is 2.95. The fraction of sp³-hybridized carbons (Fsp3) is 0.778. The van der Waals surface area contributed by atoms with Gasteiger partial charge in [0.2, 0.25) is 0 Å². The maximum atomic E-state index is 5.10. The molecule has 1 aromatic heterocycles. The lowest BCUT2D eigenvalue weighted by atomic mass is 10.2. The zero-order valence-electron chi connectivity index (χ0n) is 8.34. The highest BCUT2D eigenvalue weighted by Crippen LogP contribution is 2.03. The molecule has 1 N–H and O–H groups in total. The summed E-state index contributed by atoms with van der Waals surface area (Å²) in [6.45, 7) is 5.20. The lowest BCUT2D eigenvalue weighted by Crippen LogP contribution is -2.00. The molecule has 0 aliphatic rings. The van der Waals surface area contributed by atoms with Gasteiger partial charge in [-0.05, 0) is 25.6 Å². The van der Waals surface area contributed by atoms with E-state index in [2.05, 4.69) is 21.7 Å². The molecule has 0 aliphatic carbocycles. The molecular weight excluding hydrogens is 182 g/mol. The predicted octanol–water partition coefficient (Wildman–Crippen LogP) is 2.83. The van der Waals surface area contributed by atoms with E-state index < -0.39 is 0 Å². The van der Waals surface area contributed by atoms with E-state index in [4.69, 9.17) is 12.2 Å². The Hall–Kier alpha value is -0.640. The van der Waals surface area contributed by atoms with Crippen LogP contribution in [0.25, 0.3) is 0 Å². The van der Waals surface area contributed by atoms with Gasteiger partial charge in [0.25, 0.3) is 0 Å². The molecule has 0 aliphatic heterocycles. The number of nitrogens with one attached hydrogen (secondary N) is 1. The van der Waals surface area contributed by atoms with Crippen molar-refractivity contribution in [2.45, 2.75) is 46.1 Å². The van der Waals surface area contributed by atoms with Crippen molar-refractivity contribution in [2.75, 3.05) is 0 Å². The summed E-state index contributed by atoms with van der Waals surface area (Å²) in [5.41, 5.74) is 0. The minimum Gasteiger partial charge on any atom is -0.304 e. The summed E-state index contributed by atoms with van der Waals surface area (Å²) in [5.74, 6) is 0.987. The van der Waals surface area contributed by atoms with Gasteiger partial charge in [-0.1, -0.05) is 26.2 Å². The molecule has 1 heterocycles. The van der Waals surface area contributed by atoms with Crippen LogP contribution in [0.4, 0.5) is 0 Å². The number of aromatic amines is 1. The standard InChI is InChI=1S/C9H17N3S/c1-3-4-5-6-7-12-8(2)10-11-9(12)13/h3-7H2,1-2H3,(H,11,13). The second-order valence-electron chi connectivity index (χ2n) is 3.29. The summed E-state index contributed by atoms with van der Waals surface area (Å²) in [7, 11) is 0. The maximum Gasteiger partial charge on any atom is 0.195 e. The molecule has 74 valence electrons. The molecule has 0 saturated carbocycles. The van der Waals surface area contributed by atoms with E-state index in [9.17, 15) is 0 Å². The van der Waals surface area contributed by atoms with Gasteiger partial charge >= 0.3 is 0 Å². The van der Waals surface area contributed by atoms with E-state index in [-0.39, 0.29) is 0 Å². The quantitative estimate of drug-likeness (QED) is 0.584. The number of hydrogen-bond acceptors (Lipinski definition) is 2. The first-order valence-electron chi connectivity index (χ1n) is 4.87. The predicted molar refractivity (Wildman–Crippen MR) is 56.3 cm³/mol. The number of hydrogen-bond donors (Lipinski definition) is 1. The van der Waals surface area contributed by atoms with Crippen molar-refractivity contribution in [1.29, 1.82) is 0 Å². The summed E-state index contributed by atoms with van der Waals surface area (Å²) in [4.78, 5) is 0. The first-order valence-corrected chi connectivity index (χ1v) is 5.28. The first kappa shape index (κ1) is 10.4. The Kier molecular flexibility index (Phi) is 4.15. The molecule has 4 heteroatoms. The van der Waals surface area contributed by atoms with Gasteiger partial charge in [0, 0.05) is 6.54 Å². The van der Waals surface area contributed by atoms with Gasteiger partial charge in [-0.3, -0.25) is 5.10 Å². The number of aryl methyl sites for hydroxylation is 1. The molecule has 3 nitrogen and oxygen atoms in total. The Morgan fingerprint density at radius 1 is 1.38 bits per heavy atom. The number of unbranched alkanes of at least 4 members (excludes halogenated alkanes) is 3. The van der Waals surface area contributed by atoms with Gasteiger partial charge in [0.1, 0.15) is 5.82 Å². The molecule has 0 saturated heterocycles. The summed E-state index contributed by atoms with van der Waals surface area (Å²) >= 11 is 5.10. The van der Waals surface area contributed by atoms with E-state index in [0.29, 0.717) is 0 Å². The smallest absolute Gasteiger partial charge is 0.195 e. The van der Waals surface area contributed by atoms with E-state index in [1.54, 1.807) is 0 Å². The van der Waals surface area contributed by atoms with Gasteiger partial charge in [0.05, 0.1) is 0 Å². The van der Waals surface area contributed by atoms with Crippen LogP contribution in [0.5, 0.6) is 0 Å². The van der Waals surface area contributed by atoms with E-state index in [1.165, 1.54) is 25.7 Å². The van der Waals surface area contributed by atoms with Crippen LogP contribution in [0.2, 0.25) is 0 Å². The van der Waals surface area contributed by atoms with Crippen molar-refractivity contribution in [3.63, 3.8) is 0 Å². The minimum absolute atomic E-state index is 0.744. The number of H-pyrrole nitrogens is 1. The van der Waals surface area contributed by atoms with Crippen molar-refractivity contribution >= 4 is 12.2 Å². The number of nitrogens with zero attached hydrogens (tertiary/aromatic N) is 2. The van der Waals surface area contributed by atoms with Crippen LogP contribution < -0.4 is 0 Å². The summed E-state index contributed by atoms with van der Waals surface area (Å²) in [6.07, 6.45) is 5.06. The largest absolute Gasteiger partial charge is 0.304 e. The molecule has 0 unspecified atom stereocenters. The fourth-order valence-electron chi connectivity index (χ4n) is 1.36. The van der Waals surface area contributed by atoms with Gasteiger partial charge in [0.15, 0.2) is 4.77 Å². The summed E-state index contributed by atoms with van der Waals surface area (Å²) in [5, 5.41) is 6.85. The molecular formula is C9H17N3S. The molecule has 0 amide bonds. The van der Waals surface area contributed by atoms with Crippen LogP contribution in [-0.2, 0) is 6.54 Å². The van der Waals surface area contributed by atoms with Crippen LogP contribution in [-0.4, -0.2) is 14.8 Å². The van der Waals surface area contributed by atoms with Gasteiger partial charge in [-0.25, -0.2) is 0 Å². The van der Waals surface area contributed by atoms with Crippen molar-refractivity contribution in [1.82, 2.24) is 14.8 Å². The normalized spacial score (nSPS) is 10.6. The summed E-state index contributed by atoms with van der Waals surface area (Å²) < 4.78 is 2.80. The molecule has 0 aromatic carbocycles. The topological polar surface area (TPSA) is 33.6 Å². The molecule has 1 aromatic rings. The van der Waals surface area contributed by atoms with E-state index in [1.807, 2.05) is 6.92 Å². The Bertz CT molecular complexity index is 300. The maximum absolute atomic E-state index is 5.10. The molecule has 0 fully saturated rings. The highest BCUT2D eigenvalue weighted by molar-refractivity contribution is 7.71. The lowest BCUT2D eigenvalue weighted by molar-refractivity contribution is 0.568. The van der Waals surface area contributed by atoms with Crippen molar-refractivity contribution in [3.05, 3.63) is 10.6 Å². The summed E-state index contributed by atoms with van der Waals surface area (Å²) in [6, 6.07) is 0. The zero-order valence-corrected chi connectivity index (χ0v) is 9.15. The SMILES string of the molecule is CCCCCCn1c(C)n[nH]c1=S. The molecule has 0 bridgehead atoms. The molecule has 13 heavy (non-hydrogen) atoms. The minimum atomic E-state index is 0.744. The van der Waals surface area contributed by atoms with E-state index >= 15 is 0 Å². The molecule has 0 spiro atoms. The second-order valence-corrected chi connectivity index (χ2v) is 3.67. The van der Waals surface area contributed by atoms with Crippen LogP contribution in [0.3, 0.4) is 0 Å². The molecule has 1 rings (SSSR count). The Morgan fingerprint density at radius 3 is 2.69 bits per heavy atom. The Labute approximate surface area is 84.2 Å². The van der Waals surface area contributed by atoms with Crippen molar-refractivity contribution < 1.29 is 0 Å². The lowest BCUT2D eigenvalue weighted by Gasteiger charge is -2.02. The Balaban J connectivity index is 2.40. The average Bonchev–Trinajstić information content (AvgIpc) is 2.42. The second kappa shape index (κ2) is 5.17. The van der Waals surface area contributed by atoms with Crippen LogP contribution in [0.1, 0.15) is 38.4 Å². The number of rotatable bonds is 5. The van der Waals surface area contributed by atoms with E-state index in [0.717, 1.165) is 17.1 Å². The Morgan fingerprint density at radius 2 is 2.15 bits per heavy atom. The van der Waals surface area contributed by atoms with Gasteiger partial charge in [-0.15, -0.1) is 0 Å². The highest BCUT2D eigenvalue weighted by atomic mass is 32.1. The van der Waals surface area contributed by atoms with Crippen molar-refractivity contribution in [2.24, 2.45) is 0 Å². The third-order valence-electron chi connectivity index (χ3n) is 2.18. The van der Waals surface area contributed by atoms with Crippen molar-refractivity contribution in [3.8, 4) is 0 Å².